The number of thioether (sulfide) groups is 1. The third-order valence-corrected chi connectivity index (χ3v) is 4.53. The van der Waals surface area contributed by atoms with E-state index >= 15 is 0 Å². The van der Waals surface area contributed by atoms with Gasteiger partial charge in [-0.15, -0.1) is 11.8 Å². The van der Waals surface area contributed by atoms with Crippen LogP contribution < -0.4 is 5.73 Å². The standard InChI is InChI=1S/C14H22N2S/c1-10-6-12(17-3)4-5-13(10)14-7-11(8-15)9-16(14)2/h4-6,11,14H,7-9,15H2,1-3H3. The first kappa shape index (κ1) is 12.9. The van der Waals surface area contributed by atoms with Crippen molar-refractivity contribution >= 4 is 11.8 Å². The number of likely N-dealkylation sites (tertiary alicyclic amines) is 1. The second kappa shape index (κ2) is 5.42. The van der Waals surface area contributed by atoms with Crippen LogP contribution >= 0.6 is 11.8 Å². The monoisotopic (exact) mass is 250 g/mol. The van der Waals surface area contributed by atoms with Gasteiger partial charge in [-0.3, -0.25) is 4.90 Å². The van der Waals surface area contributed by atoms with E-state index in [1.54, 1.807) is 11.8 Å². The second-order valence-corrected chi connectivity index (χ2v) is 5.89. The minimum Gasteiger partial charge on any atom is -0.330 e. The molecule has 0 amide bonds. The van der Waals surface area contributed by atoms with Crippen molar-refractivity contribution < 1.29 is 0 Å². The fourth-order valence-corrected chi connectivity index (χ4v) is 3.29. The van der Waals surface area contributed by atoms with Crippen molar-refractivity contribution in [1.82, 2.24) is 4.90 Å². The molecule has 0 bridgehead atoms. The van der Waals surface area contributed by atoms with Crippen LogP contribution in [0.4, 0.5) is 0 Å². The zero-order valence-corrected chi connectivity index (χ0v) is 11.8. The molecule has 0 aliphatic carbocycles. The number of hydrogen-bond donors (Lipinski definition) is 1. The summed E-state index contributed by atoms with van der Waals surface area (Å²) in [5.74, 6) is 0.657. The molecule has 1 aliphatic rings. The molecule has 2 atom stereocenters. The summed E-state index contributed by atoms with van der Waals surface area (Å²) in [5.41, 5.74) is 8.67. The Labute approximate surface area is 109 Å². The molecule has 1 heterocycles. The van der Waals surface area contributed by atoms with Gasteiger partial charge in [0.25, 0.3) is 0 Å². The molecule has 2 N–H and O–H groups in total. The first-order valence-electron chi connectivity index (χ1n) is 6.20. The van der Waals surface area contributed by atoms with Crippen molar-refractivity contribution in [2.24, 2.45) is 11.7 Å². The predicted molar refractivity (Wildman–Crippen MR) is 75.5 cm³/mol. The molecule has 1 aromatic carbocycles. The smallest absolute Gasteiger partial charge is 0.0351 e. The van der Waals surface area contributed by atoms with E-state index in [-0.39, 0.29) is 0 Å². The zero-order valence-electron chi connectivity index (χ0n) is 10.9. The number of benzene rings is 1. The van der Waals surface area contributed by atoms with Gasteiger partial charge in [-0.25, -0.2) is 0 Å². The first-order chi connectivity index (χ1) is 8.15. The molecular weight excluding hydrogens is 228 g/mol. The quantitative estimate of drug-likeness (QED) is 0.836. The SMILES string of the molecule is CSc1ccc(C2CC(CN)CN2C)c(C)c1. The number of aryl methyl sites for hydroxylation is 1. The van der Waals surface area contributed by atoms with Gasteiger partial charge in [-0.1, -0.05) is 6.07 Å². The number of nitrogens with zero attached hydrogens (tertiary/aromatic N) is 1. The van der Waals surface area contributed by atoms with E-state index in [2.05, 4.69) is 43.3 Å². The first-order valence-corrected chi connectivity index (χ1v) is 7.43. The van der Waals surface area contributed by atoms with Gasteiger partial charge in [0.1, 0.15) is 0 Å². The third-order valence-electron chi connectivity index (χ3n) is 3.80. The van der Waals surface area contributed by atoms with E-state index in [0.29, 0.717) is 12.0 Å². The fraction of sp³-hybridized carbons (Fsp3) is 0.571. The molecule has 2 rings (SSSR count). The topological polar surface area (TPSA) is 29.3 Å². The largest absolute Gasteiger partial charge is 0.330 e. The maximum absolute atomic E-state index is 5.79. The van der Waals surface area contributed by atoms with Gasteiger partial charge in [-0.05, 0) is 62.4 Å². The van der Waals surface area contributed by atoms with Crippen LogP contribution in [0.2, 0.25) is 0 Å². The Morgan fingerprint density at radius 1 is 1.47 bits per heavy atom. The van der Waals surface area contributed by atoms with Gasteiger partial charge in [0.05, 0.1) is 0 Å². The summed E-state index contributed by atoms with van der Waals surface area (Å²) >= 11 is 1.81. The van der Waals surface area contributed by atoms with Crippen LogP contribution in [-0.2, 0) is 0 Å². The van der Waals surface area contributed by atoms with Crippen molar-refractivity contribution in [2.75, 3.05) is 26.4 Å². The molecule has 2 nitrogen and oxygen atoms in total. The molecule has 1 saturated heterocycles. The van der Waals surface area contributed by atoms with Crippen LogP contribution in [0, 0.1) is 12.8 Å². The molecule has 0 aromatic heterocycles. The molecule has 0 spiro atoms. The summed E-state index contributed by atoms with van der Waals surface area (Å²) in [6.07, 6.45) is 3.33. The lowest BCUT2D eigenvalue weighted by Crippen LogP contribution is -2.20. The Morgan fingerprint density at radius 2 is 2.24 bits per heavy atom. The minimum absolute atomic E-state index is 0.555. The molecule has 1 aliphatic heterocycles. The summed E-state index contributed by atoms with van der Waals surface area (Å²) in [4.78, 5) is 3.79. The van der Waals surface area contributed by atoms with Gasteiger partial charge < -0.3 is 5.73 Å². The van der Waals surface area contributed by atoms with Crippen molar-refractivity contribution in [3.8, 4) is 0 Å². The normalized spacial score (nSPS) is 25.4. The number of nitrogens with two attached hydrogens (primary N) is 1. The van der Waals surface area contributed by atoms with Gasteiger partial charge in [0.15, 0.2) is 0 Å². The molecule has 1 aromatic rings. The Morgan fingerprint density at radius 3 is 2.76 bits per heavy atom. The van der Waals surface area contributed by atoms with E-state index in [9.17, 15) is 0 Å². The lowest BCUT2D eigenvalue weighted by molar-refractivity contribution is 0.313. The minimum atomic E-state index is 0.555. The summed E-state index contributed by atoms with van der Waals surface area (Å²) in [7, 11) is 2.21. The molecule has 0 saturated carbocycles. The van der Waals surface area contributed by atoms with Crippen molar-refractivity contribution in [3.05, 3.63) is 29.3 Å². The molecule has 2 unspecified atom stereocenters. The Kier molecular flexibility index (Phi) is 4.13. The molecule has 94 valence electrons. The number of hydrogen-bond acceptors (Lipinski definition) is 3. The highest BCUT2D eigenvalue weighted by molar-refractivity contribution is 7.98. The highest BCUT2D eigenvalue weighted by atomic mass is 32.2. The second-order valence-electron chi connectivity index (χ2n) is 5.02. The molecule has 0 radical (unpaired) electrons. The van der Waals surface area contributed by atoms with Gasteiger partial charge in [0.2, 0.25) is 0 Å². The van der Waals surface area contributed by atoms with Crippen LogP contribution in [0.25, 0.3) is 0 Å². The average molecular weight is 250 g/mol. The molecule has 1 fully saturated rings. The van der Waals surface area contributed by atoms with Crippen LogP contribution in [0.1, 0.15) is 23.6 Å². The van der Waals surface area contributed by atoms with Crippen molar-refractivity contribution in [3.63, 3.8) is 0 Å². The predicted octanol–water partition coefficient (Wildman–Crippen LogP) is 2.67. The highest BCUT2D eigenvalue weighted by Crippen LogP contribution is 2.36. The lowest BCUT2D eigenvalue weighted by Gasteiger charge is -2.21. The van der Waals surface area contributed by atoms with Crippen LogP contribution in [0.3, 0.4) is 0 Å². The maximum atomic E-state index is 5.79. The van der Waals surface area contributed by atoms with Crippen molar-refractivity contribution in [2.45, 2.75) is 24.3 Å². The Balaban J connectivity index is 2.22. The number of rotatable bonds is 3. The van der Waals surface area contributed by atoms with E-state index < -0.39 is 0 Å². The van der Waals surface area contributed by atoms with E-state index in [1.807, 2.05) is 0 Å². The fourth-order valence-electron chi connectivity index (χ4n) is 2.79. The van der Waals surface area contributed by atoms with Gasteiger partial charge in [-0.2, -0.15) is 0 Å². The summed E-state index contributed by atoms with van der Waals surface area (Å²) < 4.78 is 0. The zero-order chi connectivity index (χ0) is 12.4. The van der Waals surface area contributed by atoms with Crippen molar-refractivity contribution in [1.29, 1.82) is 0 Å². The van der Waals surface area contributed by atoms with E-state index in [1.165, 1.54) is 22.4 Å². The summed E-state index contributed by atoms with van der Waals surface area (Å²) in [6, 6.07) is 7.38. The summed E-state index contributed by atoms with van der Waals surface area (Å²) in [5, 5.41) is 0. The molecule has 3 heteroatoms. The van der Waals surface area contributed by atoms with Gasteiger partial charge >= 0.3 is 0 Å². The molecule has 17 heavy (non-hydrogen) atoms. The Hall–Kier alpha value is -0.510. The van der Waals surface area contributed by atoms with E-state index in [0.717, 1.165) is 13.1 Å². The molecular formula is C14H22N2S. The van der Waals surface area contributed by atoms with Gasteiger partial charge in [0, 0.05) is 17.5 Å². The highest BCUT2D eigenvalue weighted by Gasteiger charge is 2.30. The van der Waals surface area contributed by atoms with Crippen LogP contribution in [0.5, 0.6) is 0 Å². The Bertz CT molecular complexity index is 392. The summed E-state index contributed by atoms with van der Waals surface area (Å²) in [6.45, 7) is 4.16. The average Bonchev–Trinajstić information content (AvgIpc) is 2.70. The maximum Gasteiger partial charge on any atom is 0.0351 e. The van der Waals surface area contributed by atoms with Crippen LogP contribution in [-0.4, -0.2) is 31.3 Å². The third kappa shape index (κ3) is 2.67. The van der Waals surface area contributed by atoms with E-state index in [4.69, 9.17) is 5.73 Å². The lowest BCUT2D eigenvalue weighted by atomic mass is 9.96. The van der Waals surface area contributed by atoms with Crippen LogP contribution in [0.15, 0.2) is 23.1 Å².